The Kier molecular flexibility index (Phi) is 2.25. The molecule has 0 aliphatic rings. The predicted octanol–water partition coefficient (Wildman–Crippen LogP) is 0.545. The fourth-order valence-corrected chi connectivity index (χ4v) is 0.900. The first kappa shape index (κ1) is 7.78. The highest BCUT2D eigenvalue weighted by Crippen LogP contribution is 2.14. The normalized spacial score (nSPS) is 9.36. The highest BCUT2D eigenvalue weighted by Gasteiger charge is 2.00. The summed E-state index contributed by atoms with van der Waals surface area (Å²) >= 11 is 0. The maximum atomic E-state index is 3.11. The van der Waals surface area contributed by atoms with Gasteiger partial charge in [0.05, 0.1) is 18.0 Å². The van der Waals surface area contributed by atoms with Gasteiger partial charge in [-0.3, -0.25) is 0 Å². The molecule has 0 unspecified atom stereocenters. The standard InChI is InChI=1S/C7H13N4/c1-8-6-4-7(9-2)11(5-6)10-3/h5,8-10H,1-3H3. The van der Waals surface area contributed by atoms with Crippen molar-refractivity contribution >= 4 is 11.5 Å². The quantitative estimate of drug-likeness (QED) is 0.594. The summed E-state index contributed by atoms with van der Waals surface area (Å²) in [5.41, 5.74) is 3.95. The molecular formula is C7H13N4. The molecular weight excluding hydrogens is 140 g/mol. The van der Waals surface area contributed by atoms with E-state index in [-0.39, 0.29) is 0 Å². The minimum absolute atomic E-state index is 0.914. The van der Waals surface area contributed by atoms with Crippen LogP contribution in [0.5, 0.6) is 0 Å². The number of rotatable bonds is 3. The molecule has 0 atom stereocenters. The molecule has 4 nitrogen and oxygen atoms in total. The van der Waals surface area contributed by atoms with Crippen molar-refractivity contribution in [2.45, 2.75) is 0 Å². The smallest absolute Gasteiger partial charge is 0.134 e. The van der Waals surface area contributed by atoms with Crippen LogP contribution < -0.4 is 16.1 Å². The molecule has 1 rings (SSSR count). The van der Waals surface area contributed by atoms with E-state index >= 15 is 0 Å². The average Bonchev–Trinajstić information content (AvgIpc) is 2.46. The Morgan fingerprint density at radius 2 is 2.00 bits per heavy atom. The number of nitrogens with zero attached hydrogens (tertiary/aromatic N) is 1. The van der Waals surface area contributed by atoms with Gasteiger partial charge in [-0.05, 0) is 0 Å². The zero-order chi connectivity index (χ0) is 8.27. The fraction of sp³-hybridized carbons (Fsp3) is 0.429. The number of hydrogen-bond acceptors (Lipinski definition) is 3. The van der Waals surface area contributed by atoms with E-state index in [4.69, 9.17) is 0 Å². The Labute approximate surface area is 66.6 Å². The van der Waals surface area contributed by atoms with E-state index in [2.05, 4.69) is 22.1 Å². The van der Waals surface area contributed by atoms with Gasteiger partial charge < -0.3 is 16.1 Å². The van der Waals surface area contributed by atoms with Crippen LogP contribution >= 0.6 is 0 Å². The molecule has 0 bridgehead atoms. The number of anilines is 2. The lowest BCUT2D eigenvalue weighted by Gasteiger charge is -2.04. The Morgan fingerprint density at radius 3 is 2.36 bits per heavy atom. The molecule has 11 heavy (non-hydrogen) atoms. The van der Waals surface area contributed by atoms with Crippen molar-refractivity contribution in [3.63, 3.8) is 0 Å². The van der Waals surface area contributed by atoms with E-state index in [9.17, 15) is 0 Å². The molecule has 1 radical (unpaired) electrons. The number of aromatic nitrogens is 1. The van der Waals surface area contributed by atoms with Crippen LogP contribution in [0.25, 0.3) is 0 Å². The van der Waals surface area contributed by atoms with E-state index in [1.807, 2.05) is 32.0 Å². The van der Waals surface area contributed by atoms with Crippen LogP contribution in [0.1, 0.15) is 0 Å². The second kappa shape index (κ2) is 3.18. The zero-order valence-corrected chi connectivity index (χ0v) is 7.02. The Hall–Kier alpha value is -1.32. The monoisotopic (exact) mass is 153 g/mol. The van der Waals surface area contributed by atoms with Gasteiger partial charge >= 0.3 is 0 Å². The molecule has 1 aromatic heterocycles. The van der Waals surface area contributed by atoms with Crippen LogP contribution in [0.3, 0.4) is 0 Å². The van der Waals surface area contributed by atoms with E-state index in [0.29, 0.717) is 0 Å². The summed E-state index contributed by atoms with van der Waals surface area (Å²) in [7, 11) is 5.58. The van der Waals surface area contributed by atoms with Gasteiger partial charge in [0, 0.05) is 21.1 Å². The van der Waals surface area contributed by atoms with Gasteiger partial charge in [-0.1, -0.05) is 0 Å². The first-order valence-electron chi connectivity index (χ1n) is 3.49. The van der Waals surface area contributed by atoms with Gasteiger partial charge in [0.2, 0.25) is 0 Å². The summed E-state index contributed by atoms with van der Waals surface area (Å²) in [6.07, 6.45) is 1.92. The molecule has 0 aliphatic carbocycles. The fourth-order valence-electron chi connectivity index (χ4n) is 0.900. The minimum atomic E-state index is 0.914. The summed E-state index contributed by atoms with van der Waals surface area (Å²) < 4.78 is 1.85. The maximum absolute atomic E-state index is 3.11. The molecule has 1 aromatic rings. The van der Waals surface area contributed by atoms with E-state index < -0.39 is 0 Å². The lowest BCUT2D eigenvalue weighted by Crippen LogP contribution is -2.10. The topological polar surface area (TPSA) is 41.0 Å². The van der Waals surface area contributed by atoms with E-state index in [1.54, 1.807) is 0 Å². The third-order valence-electron chi connectivity index (χ3n) is 1.50. The van der Waals surface area contributed by atoms with Crippen LogP contribution in [-0.2, 0) is 0 Å². The third kappa shape index (κ3) is 1.39. The van der Waals surface area contributed by atoms with Crippen molar-refractivity contribution in [2.75, 3.05) is 37.2 Å². The molecule has 0 amide bonds. The summed E-state index contributed by atoms with van der Waals surface area (Å²) in [5.74, 6) is 0.914. The van der Waals surface area contributed by atoms with Crippen molar-refractivity contribution in [1.82, 2.24) is 4.68 Å². The highest BCUT2D eigenvalue weighted by atomic mass is 15.4. The predicted molar refractivity (Wildman–Crippen MR) is 47.6 cm³/mol. The van der Waals surface area contributed by atoms with Crippen LogP contribution in [0, 0.1) is 6.07 Å². The van der Waals surface area contributed by atoms with Gasteiger partial charge in [-0.2, -0.15) is 0 Å². The summed E-state index contributed by atoms with van der Waals surface area (Å²) in [5, 5.41) is 6.01. The maximum Gasteiger partial charge on any atom is 0.134 e. The van der Waals surface area contributed by atoms with Gasteiger partial charge in [-0.25, -0.2) is 4.68 Å². The van der Waals surface area contributed by atoms with Crippen molar-refractivity contribution in [3.8, 4) is 0 Å². The van der Waals surface area contributed by atoms with E-state index in [1.165, 1.54) is 0 Å². The lowest BCUT2D eigenvalue weighted by atomic mass is 10.5. The third-order valence-corrected chi connectivity index (χ3v) is 1.50. The zero-order valence-electron chi connectivity index (χ0n) is 7.02. The summed E-state index contributed by atoms with van der Waals surface area (Å²) in [6, 6.07) is 3.11. The molecule has 4 heteroatoms. The van der Waals surface area contributed by atoms with Crippen molar-refractivity contribution in [2.24, 2.45) is 0 Å². The Balaban J connectivity index is 2.92. The molecule has 61 valence electrons. The second-order valence-electron chi connectivity index (χ2n) is 2.11. The molecule has 3 N–H and O–H groups in total. The Bertz CT molecular complexity index is 207. The molecule has 1 heterocycles. The van der Waals surface area contributed by atoms with Gasteiger partial charge in [-0.15, -0.1) is 0 Å². The SMILES string of the molecule is CNc1[c]c(NC)n(NC)c1. The van der Waals surface area contributed by atoms with Gasteiger partial charge in [0.25, 0.3) is 0 Å². The van der Waals surface area contributed by atoms with Crippen molar-refractivity contribution < 1.29 is 0 Å². The van der Waals surface area contributed by atoms with Crippen molar-refractivity contribution in [3.05, 3.63) is 12.3 Å². The highest BCUT2D eigenvalue weighted by molar-refractivity contribution is 5.52. The number of hydrogen-bond donors (Lipinski definition) is 3. The first-order chi connectivity index (χ1) is 5.31. The van der Waals surface area contributed by atoms with Crippen LogP contribution in [0.4, 0.5) is 11.5 Å². The molecule has 0 saturated carbocycles. The molecule has 0 saturated heterocycles. The van der Waals surface area contributed by atoms with Crippen molar-refractivity contribution in [1.29, 1.82) is 0 Å². The van der Waals surface area contributed by atoms with E-state index in [0.717, 1.165) is 11.5 Å². The minimum Gasteiger partial charge on any atom is -0.386 e. The van der Waals surface area contributed by atoms with Crippen LogP contribution in [0.2, 0.25) is 0 Å². The van der Waals surface area contributed by atoms with Gasteiger partial charge in [0.15, 0.2) is 0 Å². The molecule has 0 spiro atoms. The largest absolute Gasteiger partial charge is 0.386 e. The first-order valence-corrected chi connectivity index (χ1v) is 3.49. The number of nitrogens with one attached hydrogen (secondary N) is 3. The lowest BCUT2D eigenvalue weighted by molar-refractivity contribution is 0.941. The molecule has 0 fully saturated rings. The summed E-state index contributed by atoms with van der Waals surface area (Å²) in [6.45, 7) is 0. The Morgan fingerprint density at radius 1 is 1.27 bits per heavy atom. The van der Waals surface area contributed by atoms with Crippen LogP contribution in [-0.4, -0.2) is 25.8 Å². The average molecular weight is 153 g/mol. The van der Waals surface area contributed by atoms with Crippen LogP contribution in [0.15, 0.2) is 6.20 Å². The second-order valence-corrected chi connectivity index (χ2v) is 2.11. The van der Waals surface area contributed by atoms with Gasteiger partial charge in [0.1, 0.15) is 5.82 Å². The molecule has 0 aliphatic heterocycles. The summed E-state index contributed by atoms with van der Waals surface area (Å²) in [4.78, 5) is 0. The molecule has 0 aromatic carbocycles.